The molecule has 2 aromatic carbocycles. The Morgan fingerprint density at radius 1 is 1.15 bits per heavy atom. The molecule has 144 valence electrons. The maximum atomic E-state index is 12.1. The third kappa shape index (κ3) is 5.94. The molecule has 0 fully saturated rings. The minimum Gasteiger partial charge on any atom is -0.483 e. The third-order valence-corrected chi connectivity index (χ3v) is 5.21. The van der Waals surface area contributed by atoms with E-state index in [1.165, 1.54) is 30.3 Å². The van der Waals surface area contributed by atoms with Crippen LogP contribution in [-0.4, -0.2) is 27.5 Å². The van der Waals surface area contributed by atoms with Crippen LogP contribution in [-0.2, 0) is 14.8 Å². The molecule has 0 aliphatic heterocycles. The summed E-state index contributed by atoms with van der Waals surface area (Å²) in [6.07, 6.45) is 1.46. The van der Waals surface area contributed by atoms with E-state index in [-0.39, 0.29) is 29.9 Å². The van der Waals surface area contributed by atoms with Crippen molar-refractivity contribution in [2.45, 2.75) is 24.7 Å². The van der Waals surface area contributed by atoms with Gasteiger partial charge in [0, 0.05) is 12.2 Å². The Hall–Kier alpha value is -2.64. The van der Waals surface area contributed by atoms with E-state index in [0.717, 1.165) is 5.56 Å². The van der Waals surface area contributed by atoms with Crippen molar-refractivity contribution in [3.63, 3.8) is 0 Å². The van der Waals surface area contributed by atoms with Gasteiger partial charge in [0.2, 0.25) is 10.0 Å². The first-order chi connectivity index (χ1) is 12.8. The zero-order chi connectivity index (χ0) is 19.9. The third-order valence-electron chi connectivity index (χ3n) is 3.77. The van der Waals surface area contributed by atoms with Crippen LogP contribution < -0.4 is 14.8 Å². The van der Waals surface area contributed by atoms with Gasteiger partial charge in [-0.25, -0.2) is 13.1 Å². The summed E-state index contributed by atoms with van der Waals surface area (Å²) in [5.74, 6) is 0.639. The molecule has 0 atom stereocenters. The lowest BCUT2D eigenvalue weighted by atomic mass is 10.0. The summed E-state index contributed by atoms with van der Waals surface area (Å²) in [5, 5.41) is 2.69. The predicted molar refractivity (Wildman–Crippen MR) is 106 cm³/mol. The van der Waals surface area contributed by atoms with Crippen LogP contribution in [0.15, 0.2) is 66.1 Å². The van der Waals surface area contributed by atoms with E-state index in [2.05, 4.69) is 30.5 Å². The van der Waals surface area contributed by atoms with Gasteiger partial charge in [0.1, 0.15) is 5.75 Å². The highest BCUT2D eigenvalue weighted by molar-refractivity contribution is 7.89. The van der Waals surface area contributed by atoms with Gasteiger partial charge >= 0.3 is 0 Å². The Kier molecular flexibility index (Phi) is 7.15. The Balaban J connectivity index is 1.96. The molecule has 1 amide bonds. The molecule has 6 nitrogen and oxygen atoms in total. The molecule has 2 aromatic rings. The second-order valence-electron chi connectivity index (χ2n) is 6.19. The number of nitrogens with one attached hydrogen (secondary N) is 2. The quantitative estimate of drug-likeness (QED) is 0.646. The molecule has 0 aliphatic carbocycles. The zero-order valence-corrected chi connectivity index (χ0v) is 16.3. The Bertz CT molecular complexity index is 890. The SMILES string of the molecule is C=CCNS(=O)(=O)c1ccc(NC(=O)COc2ccccc2C(C)C)cc1. The molecule has 0 radical (unpaired) electrons. The number of hydrogen-bond donors (Lipinski definition) is 2. The molecule has 2 N–H and O–H groups in total. The number of hydrogen-bond acceptors (Lipinski definition) is 4. The fraction of sp³-hybridized carbons (Fsp3) is 0.250. The maximum Gasteiger partial charge on any atom is 0.262 e. The monoisotopic (exact) mass is 388 g/mol. The van der Waals surface area contributed by atoms with Crippen molar-refractivity contribution in [1.29, 1.82) is 0 Å². The van der Waals surface area contributed by atoms with Gasteiger partial charge in [-0.15, -0.1) is 6.58 Å². The van der Waals surface area contributed by atoms with Gasteiger partial charge in [-0.1, -0.05) is 38.1 Å². The smallest absolute Gasteiger partial charge is 0.262 e. The standard InChI is InChI=1S/C20H24N2O4S/c1-4-13-21-27(24,25)17-11-9-16(10-12-17)22-20(23)14-26-19-8-6-5-7-18(19)15(2)3/h4-12,15,21H,1,13-14H2,2-3H3,(H,22,23). The van der Waals surface area contributed by atoms with Crippen molar-refractivity contribution >= 4 is 21.6 Å². The first-order valence-corrected chi connectivity index (χ1v) is 10.0. The highest BCUT2D eigenvalue weighted by Crippen LogP contribution is 2.25. The average molecular weight is 388 g/mol. The number of benzene rings is 2. The Labute approximate surface area is 160 Å². The van der Waals surface area contributed by atoms with Crippen molar-refractivity contribution < 1.29 is 17.9 Å². The molecule has 0 heterocycles. The van der Waals surface area contributed by atoms with Gasteiger partial charge < -0.3 is 10.1 Å². The molecular weight excluding hydrogens is 364 g/mol. The second kappa shape index (κ2) is 9.34. The summed E-state index contributed by atoms with van der Waals surface area (Å²) in [4.78, 5) is 12.2. The van der Waals surface area contributed by atoms with E-state index < -0.39 is 10.0 Å². The van der Waals surface area contributed by atoms with Crippen LogP contribution in [0.4, 0.5) is 5.69 Å². The molecule has 0 bridgehead atoms. The highest BCUT2D eigenvalue weighted by Gasteiger charge is 2.13. The molecule has 0 saturated heterocycles. The van der Waals surface area contributed by atoms with Crippen LogP contribution in [0.2, 0.25) is 0 Å². The number of carbonyl (C=O) groups excluding carboxylic acids is 1. The van der Waals surface area contributed by atoms with Gasteiger partial charge in [0.25, 0.3) is 5.91 Å². The van der Waals surface area contributed by atoms with E-state index in [4.69, 9.17) is 4.74 Å². The number of rotatable bonds is 9. The maximum absolute atomic E-state index is 12.1. The van der Waals surface area contributed by atoms with Crippen LogP contribution >= 0.6 is 0 Å². The average Bonchev–Trinajstić information content (AvgIpc) is 2.65. The number of sulfonamides is 1. The van der Waals surface area contributed by atoms with Gasteiger partial charge in [0.15, 0.2) is 6.61 Å². The van der Waals surface area contributed by atoms with Crippen LogP contribution in [0.5, 0.6) is 5.75 Å². The van der Waals surface area contributed by atoms with E-state index in [9.17, 15) is 13.2 Å². The van der Waals surface area contributed by atoms with Gasteiger partial charge in [-0.2, -0.15) is 0 Å². The zero-order valence-electron chi connectivity index (χ0n) is 15.4. The second-order valence-corrected chi connectivity index (χ2v) is 7.96. The van der Waals surface area contributed by atoms with Crippen LogP contribution in [0.1, 0.15) is 25.3 Å². The highest BCUT2D eigenvalue weighted by atomic mass is 32.2. The predicted octanol–water partition coefficient (Wildman–Crippen LogP) is 3.29. The summed E-state index contributed by atoms with van der Waals surface area (Å²) in [6.45, 7) is 7.60. The van der Waals surface area contributed by atoms with Crippen LogP contribution in [0.3, 0.4) is 0 Å². The minimum atomic E-state index is -3.59. The molecule has 0 aromatic heterocycles. The summed E-state index contributed by atoms with van der Waals surface area (Å²) in [5.41, 5.74) is 1.52. The molecular formula is C20H24N2O4S. The van der Waals surface area contributed by atoms with Crippen molar-refractivity contribution in [2.75, 3.05) is 18.5 Å². The molecule has 0 saturated carbocycles. The van der Waals surface area contributed by atoms with Crippen LogP contribution in [0, 0.1) is 0 Å². The molecule has 0 unspecified atom stereocenters. The minimum absolute atomic E-state index is 0.115. The van der Waals surface area contributed by atoms with Gasteiger partial charge in [-0.3, -0.25) is 4.79 Å². The first-order valence-electron chi connectivity index (χ1n) is 8.55. The van der Waals surface area contributed by atoms with E-state index in [1.54, 1.807) is 0 Å². The molecule has 0 spiro atoms. The van der Waals surface area contributed by atoms with Gasteiger partial charge in [-0.05, 0) is 41.8 Å². The molecule has 2 rings (SSSR count). The fourth-order valence-electron chi connectivity index (χ4n) is 2.40. The summed E-state index contributed by atoms with van der Waals surface area (Å²) in [6, 6.07) is 13.5. The Morgan fingerprint density at radius 2 is 1.81 bits per heavy atom. The number of carbonyl (C=O) groups is 1. The number of ether oxygens (including phenoxy) is 1. The largest absolute Gasteiger partial charge is 0.483 e. The van der Waals surface area contributed by atoms with E-state index in [1.807, 2.05) is 24.3 Å². The number of amides is 1. The van der Waals surface area contributed by atoms with E-state index >= 15 is 0 Å². The summed E-state index contributed by atoms with van der Waals surface area (Å²) in [7, 11) is -3.59. The summed E-state index contributed by atoms with van der Waals surface area (Å²) >= 11 is 0. The number of para-hydroxylation sites is 1. The normalized spacial score (nSPS) is 11.2. The van der Waals surface area contributed by atoms with Crippen LogP contribution in [0.25, 0.3) is 0 Å². The Morgan fingerprint density at radius 3 is 2.44 bits per heavy atom. The van der Waals surface area contributed by atoms with Crippen molar-refractivity contribution in [1.82, 2.24) is 4.72 Å². The molecule has 0 aliphatic rings. The summed E-state index contributed by atoms with van der Waals surface area (Å²) < 4.78 is 32.0. The van der Waals surface area contributed by atoms with E-state index in [0.29, 0.717) is 11.4 Å². The lowest BCUT2D eigenvalue weighted by Gasteiger charge is -2.14. The number of anilines is 1. The fourth-order valence-corrected chi connectivity index (χ4v) is 3.40. The van der Waals surface area contributed by atoms with Crippen molar-refractivity contribution in [3.8, 4) is 5.75 Å². The lowest BCUT2D eigenvalue weighted by Crippen LogP contribution is -2.24. The van der Waals surface area contributed by atoms with Crippen molar-refractivity contribution in [2.24, 2.45) is 0 Å². The molecule has 7 heteroatoms. The molecule has 27 heavy (non-hydrogen) atoms. The van der Waals surface area contributed by atoms with Crippen molar-refractivity contribution in [3.05, 3.63) is 66.7 Å². The van der Waals surface area contributed by atoms with Gasteiger partial charge in [0.05, 0.1) is 4.90 Å². The topological polar surface area (TPSA) is 84.5 Å². The lowest BCUT2D eigenvalue weighted by molar-refractivity contribution is -0.118. The first kappa shape index (κ1) is 20.7.